The summed E-state index contributed by atoms with van der Waals surface area (Å²) in [6.07, 6.45) is 4.60. The number of thiophene rings is 2. The lowest BCUT2D eigenvalue weighted by molar-refractivity contribution is 0.0820. The van der Waals surface area contributed by atoms with E-state index in [2.05, 4.69) is 6.92 Å². The SMILES string of the molecule is CCCCCCOc1cc2c(s1)C(=O)C(=O)c1sc(C)cc1-2. The van der Waals surface area contributed by atoms with Gasteiger partial charge in [-0.3, -0.25) is 9.59 Å². The van der Waals surface area contributed by atoms with Gasteiger partial charge < -0.3 is 4.74 Å². The fourth-order valence-corrected chi connectivity index (χ4v) is 4.55. The van der Waals surface area contributed by atoms with Crippen molar-refractivity contribution in [1.29, 1.82) is 0 Å². The molecule has 0 unspecified atom stereocenters. The molecule has 0 aliphatic heterocycles. The lowest BCUT2D eigenvalue weighted by Gasteiger charge is -2.08. The smallest absolute Gasteiger partial charge is 0.245 e. The Labute approximate surface area is 137 Å². The summed E-state index contributed by atoms with van der Waals surface area (Å²) >= 11 is 2.69. The maximum Gasteiger partial charge on any atom is 0.245 e. The molecule has 0 N–H and O–H groups in total. The van der Waals surface area contributed by atoms with E-state index in [1.165, 1.54) is 35.5 Å². The second-order valence-electron chi connectivity index (χ2n) is 5.48. The van der Waals surface area contributed by atoms with Crippen LogP contribution in [0.4, 0.5) is 0 Å². The zero-order valence-corrected chi connectivity index (χ0v) is 14.4. The highest BCUT2D eigenvalue weighted by molar-refractivity contribution is 7.19. The van der Waals surface area contributed by atoms with E-state index < -0.39 is 5.78 Å². The van der Waals surface area contributed by atoms with Gasteiger partial charge in [0.25, 0.3) is 0 Å². The topological polar surface area (TPSA) is 43.4 Å². The van der Waals surface area contributed by atoms with Gasteiger partial charge in [0.2, 0.25) is 11.6 Å². The van der Waals surface area contributed by atoms with Crippen LogP contribution in [-0.2, 0) is 0 Å². The van der Waals surface area contributed by atoms with Crippen molar-refractivity contribution in [3.05, 3.63) is 26.8 Å². The molecule has 116 valence electrons. The zero-order valence-electron chi connectivity index (χ0n) is 12.7. The molecule has 0 saturated heterocycles. The first-order valence-corrected chi connectivity index (χ1v) is 9.21. The second kappa shape index (κ2) is 6.34. The van der Waals surface area contributed by atoms with Gasteiger partial charge in [-0.15, -0.1) is 11.3 Å². The van der Waals surface area contributed by atoms with Gasteiger partial charge in [0.15, 0.2) is 5.06 Å². The summed E-state index contributed by atoms with van der Waals surface area (Å²) in [4.78, 5) is 26.5. The normalized spacial score (nSPS) is 13.2. The Morgan fingerprint density at radius 1 is 0.955 bits per heavy atom. The van der Waals surface area contributed by atoms with Crippen LogP contribution in [0.15, 0.2) is 12.1 Å². The molecule has 0 atom stereocenters. The molecule has 3 nitrogen and oxygen atoms in total. The van der Waals surface area contributed by atoms with Crippen LogP contribution in [0.5, 0.6) is 5.06 Å². The third-order valence-electron chi connectivity index (χ3n) is 3.72. The van der Waals surface area contributed by atoms with Crippen LogP contribution in [0, 0.1) is 6.92 Å². The van der Waals surface area contributed by atoms with E-state index in [1.54, 1.807) is 0 Å². The number of unbranched alkanes of at least 4 members (excludes halogenated alkanes) is 3. The van der Waals surface area contributed by atoms with Crippen LogP contribution in [0.2, 0.25) is 0 Å². The largest absolute Gasteiger partial charge is 0.484 e. The standard InChI is InChI=1S/C17H18O3S2/c1-3-4-5-6-7-20-13-9-12-11-8-10(2)21-16(11)14(18)15(19)17(12)22-13/h8-9H,3-7H2,1-2H3. The monoisotopic (exact) mass is 334 g/mol. The van der Waals surface area contributed by atoms with Crippen LogP contribution in [0.1, 0.15) is 56.8 Å². The van der Waals surface area contributed by atoms with Gasteiger partial charge in [-0.1, -0.05) is 37.5 Å². The van der Waals surface area contributed by atoms with Crippen molar-refractivity contribution in [3.8, 4) is 16.2 Å². The number of carbonyl (C=O) groups excluding carboxylic acids is 2. The minimum absolute atomic E-state index is 0.378. The molecule has 2 heterocycles. The lowest BCUT2D eigenvalue weighted by Crippen LogP contribution is -2.17. The number of rotatable bonds is 6. The Morgan fingerprint density at radius 2 is 1.64 bits per heavy atom. The van der Waals surface area contributed by atoms with Crippen molar-refractivity contribution < 1.29 is 14.3 Å². The van der Waals surface area contributed by atoms with Gasteiger partial charge in [-0.2, -0.15) is 0 Å². The van der Waals surface area contributed by atoms with E-state index >= 15 is 0 Å². The molecule has 0 radical (unpaired) electrons. The summed E-state index contributed by atoms with van der Waals surface area (Å²) in [6, 6.07) is 3.90. The average molecular weight is 334 g/mol. The first kappa shape index (κ1) is 15.4. The second-order valence-corrected chi connectivity index (χ2v) is 7.75. The third-order valence-corrected chi connectivity index (χ3v) is 5.81. The van der Waals surface area contributed by atoms with Gasteiger partial charge in [-0.25, -0.2) is 0 Å². The zero-order chi connectivity index (χ0) is 15.7. The first-order chi connectivity index (χ1) is 10.6. The number of Topliss-reactive ketones (excluding diaryl/α,β-unsaturated/α-hetero) is 2. The Bertz CT molecular complexity index is 724. The van der Waals surface area contributed by atoms with Crippen LogP contribution in [0.25, 0.3) is 11.1 Å². The summed E-state index contributed by atoms with van der Waals surface area (Å²) in [5.74, 6) is -0.771. The lowest BCUT2D eigenvalue weighted by atomic mass is 9.96. The number of ether oxygens (including phenoxy) is 1. The van der Waals surface area contributed by atoms with Crippen molar-refractivity contribution in [1.82, 2.24) is 0 Å². The van der Waals surface area contributed by atoms with Gasteiger partial charge in [0, 0.05) is 22.1 Å². The number of fused-ring (bicyclic) bond motifs is 3. The molecule has 0 saturated carbocycles. The van der Waals surface area contributed by atoms with E-state index in [0.717, 1.165) is 33.9 Å². The molecule has 1 aliphatic carbocycles. The van der Waals surface area contributed by atoms with Crippen molar-refractivity contribution in [2.75, 3.05) is 6.61 Å². The number of hydrogen-bond donors (Lipinski definition) is 0. The maximum atomic E-state index is 12.2. The molecule has 0 amide bonds. The summed E-state index contributed by atoms with van der Waals surface area (Å²) in [6.45, 7) is 4.80. The molecule has 5 heteroatoms. The molecule has 0 spiro atoms. The molecule has 2 aromatic rings. The van der Waals surface area contributed by atoms with Crippen molar-refractivity contribution in [3.63, 3.8) is 0 Å². The van der Waals surface area contributed by atoms with Crippen LogP contribution in [0.3, 0.4) is 0 Å². The van der Waals surface area contributed by atoms with Gasteiger partial charge >= 0.3 is 0 Å². The van der Waals surface area contributed by atoms with E-state index in [-0.39, 0.29) is 5.78 Å². The van der Waals surface area contributed by atoms with E-state index in [0.29, 0.717) is 16.4 Å². The van der Waals surface area contributed by atoms with Crippen molar-refractivity contribution in [2.24, 2.45) is 0 Å². The highest BCUT2D eigenvalue weighted by atomic mass is 32.1. The van der Waals surface area contributed by atoms with Gasteiger partial charge in [-0.05, 0) is 19.4 Å². The van der Waals surface area contributed by atoms with E-state index in [4.69, 9.17) is 4.74 Å². The first-order valence-electron chi connectivity index (χ1n) is 7.58. The Kier molecular flexibility index (Phi) is 4.45. The van der Waals surface area contributed by atoms with Crippen LogP contribution >= 0.6 is 22.7 Å². The van der Waals surface area contributed by atoms with Crippen LogP contribution < -0.4 is 4.74 Å². The van der Waals surface area contributed by atoms with Crippen molar-refractivity contribution in [2.45, 2.75) is 39.5 Å². The summed E-state index contributed by atoms with van der Waals surface area (Å²) < 4.78 is 5.77. The minimum Gasteiger partial charge on any atom is -0.484 e. The molecular formula is C17H18O3S2. The molecule has 1 aliphatic rings. The Morgan fingerprint density at radius 3 is 2.36 bits per heavy atom. The predicted molar refractivity (Wildman–Crippen MR) is 90.7 cm³/mol. The highest BCUT2D eigenvalue weighted by Gasteiger charge is 2.34. The highest BCUT2D eigenvalue weighted by Crippen LogP contribution is 2.44. The Hall–Kier alpha value is -1.46. The van der Waals surface area contributed by atoms with Gasteiger partial charge in [0.1, 0.15) is 0 Å². The Balaban J connectivity index is 1.81. The average Bonchev–Trinajstić information content (AvgIpc) is 3.08. The molecule has 2 aromatic heterocycles. The molecule has 22 heavy (non-hydrogen) atoms. The summed E-state index contributed by atoms with van der Waals surface area (Å²) in [5.41, 5.74) is 1.75. The fraction of sp³-hybridized carbons (Fsp3) is 0.412. The summed E-state index contributed by atoms with van der Waals surface area (Å²) in [7, 11) is 0. The number of ketones is 2. The molecule has 3 rings (SSSR count). The molecule has 0 aromatic carbocycles. The minimum atomic E-state index is -0.393. The van der Waals surface area contributed by atoms with E-state index in [9.17, 15) is 9.59 Å². The quantitative estimate of drug-likeness (QED) is 0.544. The molecule has 0 bridgehead atoms. The summed E-state index contributed by atoms with van der Waals surface area (Å²) in [5, 5.41) is 0.736. The fourth-order valence-electron chi connectivity index (χ4n) is 2.60. The van der Waals surface area contributed by atoms with Crippen molar-refractivity contribution >= 4 is 34.2 Å². The molecule has 0 fully saturated rings. The predicted octanol–water partition coefficient (Wildman–Crippen LogP) is 5.12. The maximum absolute atomic E-state index is 12.2. The number of carbonyl (C=O) groups is 2. The van der Waals surface area contributed by atoms with E-state index in [1.807, 2.05) is 19.1 Å². The van der Waals surface area contributed by atoms with Crippen LogP contribution in [-0.4, -0.2) is 18.2 Å². The number of hydrogen-bond acceptors (Lipinski definition) is 5. The molecular weight excluding hydrogens is 316 g/mol. The third kappa shape index (κ3) is 2.75. The van der Waals surface area contributed by atoms with Gasteiger partial charge in [0.05, 0.1) is 16.4 Å². The number of aryl methyl sites for hydroxylation is 1.